The highest BCUT2D eigenvalue weighted by molar-refractivity contribution is 6.30. The average Bonchev–Trinajstić information content (AvgIpc) is 2.95. The van der Waals surface area contributed by atoms with Crippen molar-refractivity contribution in [1.82, 2.24) is 14.6 Å². The number of halogens is 1. The molecule has 0 unspecified atom stereocenters. The molecule has 0 atom stereocenters. The van der Waals surface area contributed by atoms with Gasteiger partial charge in [0.05, 0.1) is 17.9 Å². The van der Waals surface area contributed by atoms with Crippen LogP contribution in [0, 0.1) is 0 Å². The minimum Gasteiger partial charge on any atom is -0.378 e. The highest BCUT2D eigenvalue weighted by Crippen LogP contribution is 2.31. The van der Waals surface area contributed by atoms with Crippen molar-refractivity contribution in [2.45, 2.75) is 32.3 Å². The van der Waals surface area contributed by atoms with E-state index in [0.29, 0.717) is 6.61 Å². The summed E-state index contributed by atoms with van der Waals surface area (Å²) in [4.78, 5) is 4.71. The number of aromatic nitrogens is 3. The zero-order valence-corrected chi connectivity index (χ0v) is 13.8. The first kappa shape index (κ1) is 14.7. The molecule has 3 aromatic rings. The molecule has 0 N–H and O–H groups in total. The largest absolute Gasteiger partial charge is 0.378 e. The van der Waals surface area contributed by atoms with E-state index in [-0.39, 0.29) is 0 Å². The zero-order chi connectivity index (χ0) is 15.8. The van der Waals surface area contributed by atoms with Crippen molar-refractivity contribution < 1.29 is 4.74 Å². The maximum absolute atomic E-state index is 6.03. The molecule has 23 heavy (non-hydrogen) atoms. The Kier molecular flexibility index (Phi) is 3.79. The minimum absolute atomic E-state index is 0.468. The van der Waals surface area contributed by atoms with Crippen LogP contribution < -0.4 is 0 Å². The lowest BCUT2D eigenvalue weighted by Crippen LogP contribution is -2.10. The van der Waals surface area contributed by atoms with Crippen LogP contribution in [0.2, 0.25) is 5.02 Å². The Morgan fingerprint density at radius 1 is 1.17 bits per heavy atom. The van der Waals surface area contributed by atoms with Crippen LogP contribution in [0.5, 0.6) is 0 Å². The minimum atomic E-state index is 0.468. The number of aryl methyl sites for hydroxylation is 2. The van der Waals surface area contributed by atoms with Crippen molar-refractivity contribution in [1.29, 1.82) is 0 Å². The van der Waals surface area contributed by atoms with Crippen LogP contribution in [-0.4, -0.2) is 21.7 Å². The Morgan fingerprint density at radius 2 is 1.96 bits per heavy atom. The third kappa shape index (κ3) is 2.52. The summed E-state index contributed by atoms with van der Waals surface area (Å²) in [5.74, 6) is 0. The standard InChI is InChI=1S/C18H18ClN3O/c1-23-11-15-17(12-6-8-14(19)9-7-12)18-20-10-13-4-2-3-5-16(13)22(18)21-15/h6-10H,2-5,11H2,1H3. The van der Waals surface area contributed by atoms with Gasteiger partial charge in [-0.15, -0.1) is 0 Å². The maximum Gasteiger partial charge on any atom is 0.163 e. The molecule has 0 radical (unpaired) electrons. The first-order valence-corrected chi connectivity index (χ1v) is 8.29. The van der Waals surface area contributed by atoms with Crippen LogP contribution in [0.15, 0.2) is 30.5 Å². The van der Waals surface area contributed by atoms with E-state index in [1.807, 2.05) is 35.0 Å². The van der Waals surface area contributed by atoms with Crippen LogP contribution in [0.25, 0.3) is 16.8 Å². The van der Waals surface area contributed by atoms with E-state index in [2.05, 4.69) is 0 Å². The topological polar surface area (TPSA) is 39.4 Å². The van der Waals surface area contributed by atoms with Crippen LogP contribution in [0.4, 0.5) is 0 Å². The Labute approximate surface area is 140 Å². The molecular weight excluding hydrogens is 310 g/mol. The van der Waals surface area contributed by atoms with E-state index in [4.69, 9.17) is 26.4 Å². The third-order valence-corrected chi connectivity index (χ3v) is 4.68. The fourth-order valence-corrected chi connectivity index (χ4v) is 3.47. The summed E-state index contributed by atoms with van der Waals surface area (Å²) >= 11 is 6.03. The van der Waals surface area contributed by atoms with Gasteiger partial charge in [0.25, 0.3) is 0 Å². The van der Waals surface area contributed by atoms with Crippen LogP contribution in [-0.2, 0) is 24.2 Å². The van der Waals surface area contributed by atoms with E-state index in [9.17, 15) is 0 Å². The van der Waals surface area contributed by atoms with Gasteiger partial charge in [-0.3, -0.25) is 0 Å². The molecule has 1 aliphatic carbocycles. The number of hydrogen-bond acceptors (Lipinski definition) is 3. The Hall–Kier alpha value is -1.91. The van der Waals surface area contributed by atoms with Crippen molar-refractivity contribution >= 4 is 17.2 Å². The van der Waals surface area contributed by atoms with E-state index in [0.717, 1.165) is 40.3 Å². The molecule has 0 fully saturated rings. The lowest BCUT2D eigenvalue weighted by Gasteiger charge is -2.15. The highest BCUT2D eigenvalue weighted by atomic mass is 35.5. The SMILES string of the molecule is COCc1nn2c3c(cnc2c1-c1ccc(Cl)cc1)CCCC3. The van der Waals surface area contributed by atoms with E-state index in [1.165, 1.54) is 24.1 Å². The monoisotopic (exact) mass is 327 g/mol. The third-order valence-electron chi connectivity index (χ3n) is 4.43. The van der Waals surface area contributed by atoms with E-state index in [1.54, 1.807) is 7.11 Å². The number of fused-ring (bicyclic) bond motifs is 3. The average molecular weight is 328 g/mol. The normalized spacial score (nSPS) is 14.2. The first-order chi connectivity index (χ1) is 11.3. The molecule has 0 spiro atoms. The van der Waals surface area contributed by atoms with Gasteiger partial charge >= 0.3 is 0 Å². The summed E-state index contributed by atoms with van der Waals surface area (Å²) in [5, 5.41) is 5.54. The number of nitrogens with zero attached hydrogens (tertiary/aromatic N) is 3. The summed E-state index contributed by atoms with van der Waals surface area (Å²) in [5.41, 5.74) is 6.54. The Balaban J connectivity index is 1.97. The lowest BCUT2D eigenvalue weighted by atomic mass is 9.97. The predicted molar refractivity (Wildman–Crippen MR) is 90.8 cm³/mol. The summed E-state index contributed by atoms with van der Waals surface area (Å²) < 4.78 is 7.38. The summed E-state index contributed by atoms with van der Waals surface area (Å²) in [7, 11) is 1.69. The maximum atomic E-state index is 6.03. The number of benzene rings is 1. The van der Waals surface area contributed by atoms with E-state index < -0.39 is 0 Å². The molecule has 118 valence electrons. The van der Waals surface area contributed by atoms with Crippen molar-refractivity contribution in [3.63, 3.8) is 0 Å². The van der Waals surface area contributed by atoms with Crippen LogP contribution in [0.1, 0.15) is 29.8 Å². The van der Waals surface area contributed by atoms with Crippen LogP contribution >= 0.6 is 11.6 Å². The fourth-order valence-electron chi connectivity index (χ4n) is 3.34. The Bertz CT molecular complexity index is 855. The predicted octanol–water partition coefficient (Wildman–Crippen LogP) is 4.07. The van der Waals surface area contributed by atoms with Gasteiger partial charge in [0.1, 0.15) is 0 Å². The second-order valence-corrected chi connectivity index (χ2v) is 6.37. The highest BCUT2D eigenvalue weighted by Gasteiger charge is 2.21. The second kappa shape index (κ2) is 5.95. The quantitative estimate of drug-likeness (QED) is 0.727. The van der Waals surface area contributed by atoms with Gasteiger partial charge in [-0.1, -0.05) is 23.7 Å². The number of rotatable bonds is 3. The molecule has 0 amide bonds. The molecular formula is C18H18ClN3O. The van der Waals surface area contributed by atoms with Crippen molar-refractivity contribution in [3.8, 4) is 11.1 Å². The number of hydrogen-bond donors (Lipinski definition) is 0. The number of ether oxygens (including phenoxy) is 1. The van der Waals surface area contributed by atoms with Gasteiger partial charge in [-0.25, -0.2) is 9.50 Å². The van der Waals surface area contributed by atoms with Crippen molar-refractivity contribution in [2.75, 3.05) is 7.11 Å². The second-order valence-electron chi connectivity index (χ2n) is 5.93. The molecule has 5 heteroatoms. The van der Waals surface area contributed by atoms with Crippen molar-refractivity contribution in [2.24, 2.45) is 0 Å². The summed E-state index contributed by atoms with van der Waals surface area (Å²) in [6.45, 7) is 0.468. The molecule has 0 saturated carbocycles. The molecule has 0 bridgehead atoms. The van der Waals surface area contributed by atoms with E-state index >= 15 is 0 Å². The van der Waals surface area contributed by atoms with Crippen LogP contribution in [0.3, 0.4) is 0 Å². The molecule has 0 aliphatic heterocycles. The smallest absolute Gasteiger partial charge is 0.163 e. The first-order valence-electron chi connectivity index (χ1n) is 7.91. The fraction of sp³-hybridized carbons (Fsp3) is 0.333. The van der Waals surface area contributed by atoms with Gasteiger partial charge in [-0.2, -0.15) is 5.10 Å². The zero-order valence-electron chi connectivity index (χ0n) is 13.1. The van der Waals surface area contributed by atoms with Crippen molar-refractivity contribution in [3.05, 3.63) is 52.4 Å². The van der Waals surface area contributed by atoms with Gasteiger partial charge in [0.15, 0.2) is 5.65 Å². The van der Waals surface area contributed by atoms with Gasteiger partial charge in [0.2, 0.25) is 0 Å². The number of methoxy groups -OCH3 is 1. The Morgan fingerprint density at radius 3 is 2.74 bits per heavy atom. The van der Waals surface area contributed by atoms with Gasteiger partial charge < -0.3 is 4.74 Å². The molecule has 2 aromatic heterocycles. The van der Waals surface area contributed by atoms with Gasteiger partial charge in [0, 0.05) is 24.0 Å². The summed E-state index contributed by atoms with van der Waals surface area (Å²) in [6.07, 6.45) is 6.61. The summed E-state index contributed by atoms with van der Waals surface area (Å²) in [6, 6.07) is 7.82. The molecule has 4 rings (SSSR count). The molecule has 2 heterocycles. The lowest BCUT2D eigenvalue weighted by molar-refractivity contribution is 0.181. The van der Waals surface area contributed by atoms with Gasteiger partial charge in [-0.05, 0) is 48.9 Å². The molecule has 0 saturated heterocycles. The molecule has 4 nitrogen and oxygen atoms in total. The molecule has 1 aliphatic rings. The molecule has 1 aromatic carbocycles.